The van der Waals surface area contributed by atoms with Gasteiger partial charge < -0.3 is 14.8 Å². The van der Waals surface area contributed by atoms with E-state index >= 15 is 0 Å². The summed E-state index contributed by atoms with van der Waals surface area (Å²) < 4.78 is 5.04. The van der Waals surface area contributed by atoms with Crippen LogP contribution in [0.15, 0.2) is 0 Å². The Morgan fingerprint density at radius 2 is 1.85 bits per heavy atom. The number of Topliss-reactive ketones (excluding diaryl/α,β-unsaturated/α-hetero) is 1. The van der Waals surface area contributed by atoms with Gasteiger partial charge in [0.1, 0.15) is 5.69 Å². The highest BCUT2D eigenvalue weighted by atomic mass is 16.5. The minimum absolute atomic E-state index is 0.137. The highest BCUT2D eigenvalue weighted by Crippen LogP contribution is 2.25. The molecule has 0 aliphatic rings. The predicted molar refractivity (Wildman–Crippen MR) is 75.6 cm³/mol. The van der Waals surface area contributed by atoms with Crippen molar-refractivity contribution >= 4 is 11.8 Å². The second kappa shape index (κ2) is 5.79. The molecule has 0 saturated heterocycles. The van der Waals surface area contributed by atoms with E-state index in [1.807, 2.05) is 0 Å². The van der Waals surface area contributed by atoms with Crippen molar-refractivity contribution in [2.45, 2.75) is 47.6 Å². The van der Waals surface area contributed by atoms with Crippen LogP contribution in [0.3, 0.4) is 0 Å². The maximum Gasteiger partial charge on any atom is 0.355 e. The SMILES string of the molecule is Cc1[nH]c(C(=O)OCC(=O)C(C)(C)C)c(C)c1[C@H](C)O. The number of aromatic nitrogens is 1. The summed E-state index contributed by atoms with van der Waals surface area (Å²) in [6.07, 6.45) is -0.663. The van der Waals surface area contributed by atoms with E-state index in [0.717, 1.165) is 5.69 Å². The summed E-state index contributed by atoms with van der Waals surface area (Å²) in [7, 11) is 0. The number of carbonyl (C=O) groups is 2. The number of H-pyrrole nitrogens is 1. The molecule has 1 heterocycles. The first-order valence-electron chi connectivity index (χ1n) is 6.63. The van der Waals surface area contributed by atoms with Crippen LogP contribution in [0.5, 0.6) is 0 Å². The number of ether oxygens (including phenoxy) is 1. The van der Waals surface area contributed by atoms with Crippen molar-refractivity contribution in [3.63, 3.8) is 0 Å². The van der Waals surface area contributed by atoms with Gasteiger partial charge in [-0.05, 0) is 26.3 Å². The molecule has 1 aromatic heterocycles. The van der Waals surface area contributed by atoms with Gasteiger partial charge in [-0.1, -0.05) is 20.8 Å². The van der Waals surface area contributed by atoms with Crippen LogP contribution in [0.25, 0.3) is 0 Å². The lowest BCUT2D eigenvalue weighted by Crippen LogP contribution is -2.26. The molecule has 5 nitrogen and oxygen atoms in total. The van der Waals surface area contributed by atoms with Crippen LogP contribution >= 0.6 is 0 Å². The zero-order valence-corrected chi connectivity index (χ0v) is 13.0. The van der Waals surface area contributed by atoms with Gasteiger partial charge >= 0.3 is 5.97 Å². The minimum atomic E-state index is -0.663. The van der Waals surface area contributed by atoms with Gasteiger partial charge in [0.2, 0.25) is 0 Å². The Bertz CT molecular complexity index is 521. The Morgan fingerprint density at radius 3 is 2.25 bits per heavy atom. The lowest BCUT2D eigenvalue weighted by atomic mass is 9.91. The van der Waals surface area contributed by atoms with Gasteiger partial charge in [-0.2, -0.15) is 0 Å². The maximum atomic E-state index is 12.0. The number of aromatic amines is 1. The summed E-state index contributed by atoms with van der Waals surface area (Å²) in [5.41, 5.74) is 1.84. The van der Waals surface area contributed by atoms with E-state index in [-0.39, 0.29) is 12.4 Å². The Labute approximate surface area is 119 Å². The molecular formula is C15H23NO4. The van der Waals surface area contributed by atoms with Crippen molar-refractivity contribution in [2.24, 2.45) is 5.41 Å². The monoisotopic (exact) mass is 281 g/mol. The number of hydrogen-bond donors (Lipinski definition) is 2. The fourth-order valence-corrected chi connectivity index (χ4v) is 2.02. The average Bonchev–Trinajstić information content (AvgIpc) is 2.59. The molecule has 0 amide bonds. The summed E-state index contributed by atoms with van der Waals surface area (Å²) in [5.74, 6) is -0.711. The van der Waals surface area contributed by atoms with E-state index < -0.39 is 17.5 Å². The summed E-state index contributed by atoms with van der Waals surface area (Å²) >= 11 is 0. The summed E-state index contributed by atoms with van der Waals surface area (Å²) in [6.45, 7) is 10.3. The third-order valence-corrected chi connectivity index (χ3v) is 3.29. The standard InChI is InChI=1S/C15H23NO4/c1-8-12(10(3)17)9(2)16-13(8)14(19)20-7-11(18)15(4,5)6/h10,16-17H,7H2,1-6H3/t10-/m0/s1. The molecule has 20 heavy (non-hydrogen) atoms. The number of carbonyl (C=O) groups excluding carboxylic acids is 2. The van der Waals surface area contributed by atoms with Crippen molar-refractivity contribution in [3.8, 4) is 0 Å². The van der Waals surface area contributed by atoms with Crippen LogP contribution in [-0.2, 0) is 9.53 Å². The molecule has 1 aromatic rings. The zero-order valence-electron chi connectivity index (χ0n) is 13.0. The largest absolute Gasteiger partial charge is 0.453 e. The number of esters is 1. The molecule has 0 bridgehead atoms. The van der Waals surface area contributed by atoms with Crippen molar-refractivity contribution in [3.05, 3.63) is 22.5 Å². The third kappa shape index (κ3) is 3.48. The molecule has 0 aliphatic heterocycles. The predicted octanol–water partition coefficient (Wildman–Crippen LogP) is 2.46. The van der Waals surface area contributed by atoms with E-state index in [1.165, 1.54) is 0 Å². The number of rotatable bonds is 4. The lowest BCUT2D eigenvalue weighted by molar-refractivity contribution is -0.129. The normalized spacial score (nSPS) is 13.2. The van der Waals surface area contributed by atoms with Crippen molar-refractivity contribution in [1.82, 2.24) is 4.98 Å². The topological polar surface area (TPSA) is 79.4 Å². The zero-order chi connectivity index (χ0) is 15.7. The van der Waals surface area contributed by atoms with E-state index in [4.69, 9.17) is 4.74 Å². The van der Waals surface area contributed by atoms with Crippen LogP contribution < -0.4 is 0 Å². The van der Waals surface area contributed by atoms with Gasteiger partial charge in [0.25, 0.3) is 0 Å². The van der Waals surface area contributed by atoms with E-state index in [0.29, 0.717) is 16.8 Å². The van der Waals surface area contributed by atoms with Crippen molar-refractivity contribution in [2.75, 3.05) is 6.61 Å². The number of aliphatic hydroxyl groups is 1. The molecule has 112 valence electrons. The van der Waals surface area contributed by atoms with Gasteiger partial charge in [-0.3, -0.25) is 4.79 Å². The first-order valence-corrected chi connectivity index (χ1v) is 6.63. The molecular weight excluding hydrogens is 258 g/mol. The van der Waals surface area contributed by atoms with Crippen LogP contribution in [-0.4, -0.2) is 28.4 Å². The smallest absolute Gasteiger partial charge is 0.355 e. The first kappa shape index (κ1) is 16.4. The minimum Gasteiger partial charge on any atom is -0.453 e. The van der Waals surface area contributed by atoms with Crippen molar-refractivity contribution in [1.29, 1.82) is 0 Å². The highest BCUT2D eigenvalue weighted by molar-refractivity contribution is 5.93. The number of ketones is 1. The Kier molecular flexibility index (Phi) is 4.76. The fraction of sp³-hybridized carbons (Fsp3) is 0.600. The Balaban J connectivity index is 2.85. The molecule has 2 N–H and O–H groups in total. The average molecular weight is 281 g/mol. The first-order chi connectivity index (χ1) is 9.05. The summed E-state index contributed by atoms with van der Waals surface area (Å²) in [4.78, 5) is 26.6. The summed E-state index contributed by atoms with van der Waals surface area (Å²) in [6, 6.07) is 0. The van der Waals surface area contributed by atoms with Gasteiger partial charge in [-0.25, -0.2) is 4.79 Å². The van der Waals surface area contributed by atoms with Gasteiger partial charge in [0, 0.05) is 16.7 Å². The second-order valence-electron chi connectivity index (χ2n) is 6.09. The highest BCUT2D eigenvalue weighted by Gasteiger charge is 2.25. The molecule has 0 saturated carbocycles. The van der Waals surface area contributed by atoms with Crippen LogP contribution in [0.2, 0.25) is 0 Å². The Morgan fingerprint density at radius 1 is 1.30 bits per heavy atom. The molecule has 0 spiro atoms. The molecule has 5 heteroatoms. The van der Waals surface area contributed by atoms with Crippen LogP contribution in [0, 0.1) is 19.3 Å². The molecule has 0 aliphatic carbocycles. The van der Waals surface area contributed by atoms with Crippen LogP contribution in [0.4, 0.5) is 0 Å². The number of aliphatic hydroxyl groups excluding tert-OH is 1. The maximum absolute atomic E-state index is 12.0. The van der Waals surface area contributed by atoms with Gasteiger partial charge in [0.05, 0.1) is 6.10 Å². The molecule has 0 aromatic carbocycles. The number of nitrogens with one attached hydrogen (secondary N) is 1. The molecule has 0 unspecified atom stereocenters. The third-order valence-electron chi connectivity index (χ3n) is 3.29. The second-order valence-corrected chi connectivity index (χ2v) is 6.09. The van der Waals surface area contributed by atoms with Crippen molar-refractivity contribution < 1.29 is 19.4 Å². The molecule has 1 rings (SSSR count). The quantitative estimate of drug-likeness (QED) is 0.831. The van der Waals surface area contributed by atoms with Gasteiger partial charge in [-0.15, -0.1) is 0 Å². The van der Waals surface area contributed by atoms with Crippen LogP contribution in [0.1, 0.15) is 61.1 Å². The van der Waals surface area contributed by atoms with E-state index in [9.17, 15) is 14.7 Å². The number of hydrogen-bond acceptors (Lipinski definition) is 4. The molecule has 0 fully saturated rings. The van der Waals surface area contributed by atoms with Gasteiger partial charge in [0.15, 0.2) is 12.4 Å². The van der Waals surface area contributed by atoms with E-state index in [2.05, 4.69) is 4.98 Å². The van der Waals surface area contributed by atoms with E-state index in [1.54, 1.807) is 41.5 Å². The fourth-order valence-electron chi connectivity index (χ4n) is 2.02. The molecule has 0 radical (unpaired) electrons. The summed E-state index contributed by atoms with van der Waals surface area (Å²) in [5, 5.41) is 9.68. The Hall–Kier alpha value is -1.62. The lowest BCUT2D eigenvalue weighted by Gasteiger charge is -2.16. The number of aryl methyl sites for hydroxylation is 1. The molecule has 1 atom stereocenters.